The maximum absolute atomic E-state index is 11.5. The zero-order valence-electron chi connectivity index (χ0n) is 14.8. The standard InChI is InChI=1S/C19H27N3O2/c1-19(2,3)24-18(23)21-13-7-6-12-20-14-16-11-10-15-8-4-5-9-17(15)22-16/h4-5,8-11,20H,6-7,12-14H2,1-3H3,(H,21,23). The van der Waals surface area contributed by atoms with Gasteiger partial charge in [-0.25, -0.2) is 4.79 Å². The highest BCUT2D eigenvalue weighted by molar-refractivity contribution is 5.78. The SMILES string of the molecule is CC(C)(C)OC(=O)NCCCCNCc1ccc2ccccc2n1. The summed E-state index contributed by atoms with van der Waals surface area (Å²) in [6, 6.07) is 12.3. The molecule has 0 saturated heterocycles. The number of amides is 1. The van der Waals surface area contributed by atoms with Gasteiger partial charge in [-0.05, 0) is 52.3 Å². The highest BCUT2D eigenvalue weighted by atomic mass is 16.6. The number of fused-ring (bicyclic) bond motifs is 1. The molecule has 24 heavy (non-hydrogen) atoms. The molecule has 0 radical (unpaired) electrons. The van der Waals surface area contributed by atoms with Crippen molar-refractivity contribution in [2.75, 3.05) is 13.1 Å². The van der Waals surface area contributed by atoms with E-state index in [4.69, 9.17) is 4.74 Å². The summed E-state index contributed by atoms with van der Waals surface area (Å²) in [4.78, 5) is 16.1. The Morgan fingerprint density at radius 2 is 1.83 bits per heavy atom. The van der Waals surface area contributed by atoms with Gasteiger partial charge < -0.3 is 15.4 Å². The van der Waals surface area contributed by atoms with Crippen LogP contribution in [0.3, 0.4) is 0 Å². The van der Waals surface area contributed by atoms with E-state index in [-0.39, 0.29) is 6.09 Å². The molecule has 1 aromatic heterocycles. The highest BCUT2D eigenvalue weighted by Crippen LogP contribution is 2.11. The quantitative estimate of drug-likeness (QED) is 0.762. The molecule has 0 aliphatic heterocycles. The first kappa shape index (κ1) is 18.2. The van der Waals surface area contributed by atoms with Gasteiger partial charge in [-0.15, -0.1) is 0 Å². The number of ether oxygens (including phenoxy) is 1. The third-order valence-electron chi connectivity index (χ3n) is 3.41. The second-order valence-corrected chi connectivity index (χ2v) is 6.81. The molecule has 2 N–H and O–H groups in total. The first-order valence-electron chi connectivity index (χ1n) is 8.46. The molecule has 0 spiro atoms. The van der Waals surface area contributed by atoms with Crippen LogP contribution >= 0.6 is 0 Å². The number of nitrogens with one attached hydrogen (secondary N) is 2. The maximum Gasteiger partial charge on any atom is 0.407 e. The molecule has 1 amide bonds. The van der Waals surface area contributed by atoms with Gasteiger partial charge in [-0.1, -0.05) is 24.3 Å². The summed E-state index contributed by atoms with van der Waals surface area (Å²) in [5, 5.41) is 7.31. The molecule has 0 bridgehead atoms. The Hall–Kier alpha value is -2.14. The monoisotopic (exact) mass is 329 g/mol. The molecule has 0 atom stereocenters. The summed E-state index contributed by atoms with van der Waals surface area (Å²) in [5.41, 5.74) is 1.62. The molecule has 2 rings (SSSR count). The van der Waals surface area contributed by atoms with Crippen LogP contribution in [0, 0.1) is 0 Å². The Morgan fingerprint density at radius 3 is 2.62 bits per heavy atom. The van der Waals surface area contributed by atoms with E-state index in [0.29, 0.717) is 6.54 Å². The van der Waals surface area contributed by atoms with Crippen LogP contribution in [-0.2, 0) is 11.3 Å². The maximum atomic E-state index is 11.5. The van der Waals surface area contributed by atoms with E-state index in [1.54, 1.807) is 0 Å². The molecule has 0 unspecified atom stereocenters. The van der Waals surface area contributed by atoms with Crippen molar-refractivity contribution in [2.45, 2.75) is 45.8 Å². The lowest BCUT2D eigenvalue weighted by atomic mass is 10.2. The normalized spacial score (nSPS) is 11.5. The van der Waals surface area contributed by atoms with Gasteiger partial charge in [0, 0.05) is 18.5 Å². The second kappa shape index (κ2) is 8.64. The third-order valence-corrected chi connectivity index (χ3v) is 3.41. The Kier molecular flexibility index (Phi) is 6.55. The van der Waals surface area contributed by atoms with Crippen LogP contribution in [0.5, 0.6) is 0 Å². The average Bonchev–Trinajstić information content (AvgIpc) is 2.52. The van der Waals surface area contributed by atoms with Crippen molar-refractivity contribution < 1.29 is 9.53 Å². The lowest BCUT2D eigenvalue weighted by molar-refractivity contribution is 0.0527. The van der Waals surface area contributed by atoms with Gasteiger partial charge in [-0.3, -0.25) is 4.98 Å². The summed E-state index contributed by atoms with van der Waals surface area (Å²) in [6.45, 7) is 7.85. The summed E-state index contributed by atoms with van der Waals surface area (Å²) in [6.07, 6.45) is 1.55. The van der Waals surface area contributed by atoms with Crippen molar-refractivity contribution in [3.8, 4) is 0 Å². The van der Waals surface area contributed by atoms with E-state index in [1.807, 2.05) is 39.0 Å². The summed E-state index contributed by atoms with van der Waals surface area (Å²) < 4.78 is 5.18. The number of aromatic nitrogens is 1. The van der Waals surface area contributed by atoms with Crippen LogP contribution < -0.4 is 10.6 Å². The van der Waals surface area contributed by atoms with E-state index in [2.05, 4.69) is 33.8 Å². The molecule has 2 aromatic rings. The fourth-order valence-corrected chi connectivity index (χ4v) is 2.30. The van der Waals surface area contributed by atoms with E-state index in [0.717, 1.165) is 42.5 Å². The predicted octanol–water partition coefficient (Wildman–Crippen LogP) is 3.63. The van der Waals surface area contributed by atoms with Crippen molar-refractivity contribution in [2.24, 2.45) is 0 Å². The van der Waals surface area contributed by atoms with Crippen LogP contribution in [0.15, 0.2) is 36.4 Å². The molecule has 5 nitrogen and oxygen atoms in total. The van der Waals surface area contributed by atoms with Crippen LogP contribution in [0.2, 0.25) is 0 Å². The van der Waals surface area contributed by atoms with Crippen molar-refractivity contribution >= 4 is 17.0 Å². The minimum atomic E-state index is -0.446. The molecule has 1 aromatic carbocycles. The van der Waals surface area contributed by atoms with Gasteiger partial charge in [0.1, 0.15) is 5.60 Å². The van der Waals surface area contributed by atoms with E-state index < -0.39 is 5.60 Å². The number of pyridine rings is 1. The van der Waals surface area contributed by atoms with Crippen LogP contribution in [0.4, 0.5) is 4.79 Å². The largest absolute Gasteiger partial charge is 0.444 e. The molecule has 0 aliphatic carbocycles. The summed E-state index contributed by atoms with van der Waals surface area (Å²) >= 11 is 0. The van der Waals surface area contributed by atoms with Gasteiger partial charge in [0.25, 0.3) is 0 Å². The van der Waals surface area contributed by atoms with Gasteiger partial charge in [0.05, 0.1) is 11.2 Å². The van der Waals surface area contributed by atoms with Crippen molar-refractivity contribution in [3.63, 3.8) is 0 Å². The number of nitrogens with zero attached hydrogens (tertiary/aromatic N) is 1. The molecule has 0 saturated carbocycles. The van der Waals surface area contributed by atoms with Gasteiger partial charge >= 0.3 is 6.09 Å². The van der Waals surface area contributed by atoms with Gasteiger partial charge in [-0.2, -0.15) is 0 Å². The molecule has 0 aliphatic rings. The molecule has 5 heteroatoms. The molecule has 130 valence electrons. The van der Waals surface area contributed by atoms with Crippen molar-refractivity contribution in [1.29, 1.82) is 0 Å². The number of para-hydroxylation sites is 1. The second-order valence-electron chi connectivity index (χ2n) is 6.81. The number of hydrogen-bond donors (Lipinski definition) is 2. The molecular weight excluding hydrogens is 302 g/mol. The van der Waals surface area contributed by atoms with Crippen molar-refractivity contribution in [1.82, 2.24) is 15.6 Å². The minimum absolute atomic E-state index is 0.351. The topological polar surface area (TPSA) is 63.2 Å². The van der Waals surface area contributed by atoms with Crippen LogP contribution in [0.25, 0.3) is 10.9 Å². The van der Waals surface area contributed by atoms with Crippen LogP contribution in [-0.4, -0.2) is 29.8 Å². The fourth-order valence-electron chi connectivity index (χ4n) is 2.30. The van der Waals surface area contributed by atoms with Gasteiger partial charge in [0.15, 0.2) is 0 Å². The Balaban J connectivity index is 1.58. The Labute approximate surface area is 143 Å². The van der Waals surface area contributed by atoms with E-state index >= 15 is 0 Å². The first-order chi connectivity index (χ1) is 11.4. The first-order valence-corrected chi connectivity index (χ1v) is 8.46. The number of alkyl carbamates (subject to hydrolysis) is 1. The number of carbonyl (C=O) groups excluding carboxylic acids is 1. The number of unbranched alkanes of at least 4 members (excludes halogenated alkanes) is 1. The molecule has 0 fully saturated rings. The Bertz CT molecular complexity index is 665. The predicted molar refractivity (Wildman–Crippen MR) is 96.9 cm³/mol. The average molecular weight is 329 g/mol. The number of benzene rings is 1. The van der Waals surface area contributed by atoms with Crippen molar-refractivity contribution in [3.05, 3.63) is 42.1 Å². The Morgan fingerprint density at radius 1 is 1.08 bits per heavy atom. The number of rotatable bonds is 7. The zero-order valence-corrected chi connectivity index (χ0v) is 14.8. The lowest BCUT2D eigenvalue weighted by Crippen LogP contribution is -2.33. The molecule has 1 heterocycles. The summed E-state index contributed by atoms with van der Waals surface area (Å²) in [7, 11) is 0. The smallest absolute Gasteiger partial charge is 0.407 e. The third kappa shape index (κ3) is 6.54. The minimum Gasteiger partial charge on any atom is -0.444 e. The number of carbonyl (C=O) groups is 1. The highest BCUT2D eigenvalue weighted by Gasteiger charge is 2.15. The summed E-state index contributed by atoms with van der Waals surface area (Å²) in [5.74, 6) is 0. The van der Waals surface area contributed by atoms with Gasteiger partial charge in [0.2, 0.25) is 0 Å². The molecular formula is C19H27N3O2. The van der Waals surface area contributed by atoms with Crippen LogP contribution in [0.1, 0.15) is 39.3 Å². The fraction of sp³-hybridized carbons (Fsp3) is 0.474. The lowest BCUT2D eigenvalue weighted by Gasteiger charge is -2.19. The number of hydrogen-bond acceptors (Lipinski definition) is 4. The van der Waals surface area contributed by atoms with E-state index in [9.17, 15) is 4.79 Å². The zero-order chi connectivity index (χ0) is 17.4. The van der Waals surface area contributed by atoms with E-state index in [1.165, 1.54) is 0 Å².